The molecule has 1 spiro atoms. The summed E-state index contributed by atoms with van der Waals surface area (Å²) < 4.78 is 6.65. The minimum absolute atomic E-state index is 0.114. The Hall–Kier alpha value is -2.97. The summed E-state index contributed by atoms with van der Waals surface area (Å²) in [7, 11) is 0. The number of ether oxygens (including phenoxy) is 1. The van der Waals surface area contributed by atoms with Gasteiger partial charge in [-0.05, 0) is 37.7 Å². The van der Waals surface area contributed by atoms with Crippen molar-refractivity contribution in [2.75, 3.05) is 32.8 Å². The number of hydrogen-bond donors (Lipinski definition) is 1. The summed E-state index contributed by atoms with van der Waals surface area (Å²) in [5.41, 5.74) is -0.136. The fourth-order valence-electron chi connectivity index (χ4n) is 7.08. The Labute approximate surface area is 238 Å². The van der Waals surface area contributed by atoms with Crippen LogP contribution < -0.4 is 0 Å². The molecular weight excluding hydrogens is 506 g/mol. The van der Waals surface area contributed by atoms with Crippen molar-refractivity contribution in [1.82, 2.24) is 14.7 Å². The van der Waals surface area contributed by atoms with Crippen LogP contribution in [0.3, 0.4) is 0 Å². The molecule has 0 radical (unpaired) electrons. The number of nitrogens with zero attached hydrogens (tertiary/aromatic N) is 3. The first-order chi connectivity index (χ1) is 19.4. The number of amides is 3. The molecule has 1 aromatic rings. The summed E-state index contributed by atoms with van der Waals surface area (Å²) in [5.74, 6) is -2.00. The quantitative estimate of drug-likeness (QED) is 0.338. The van der Waals surface area contributed by atoms with Crippen molar-refractivity contribution >= 4 is 17.7 Å². The van der Waals surface area contributed by atoms with Crippen LogP contribution in [0.15, 0.2) is 55.6 Å². The SMILES string of the molecule is C=CCN(CCCC)C(=O)C1N([C@@H](CO)Cc2ccccc2)C(=O)[C@@H]2[C@H](C(=O)N(CC=C)CCC)[C@@H]3CCC12O3. The highest BCUT2D eigenvalue weighted by molar-refractivity contribution is 5.99. The number of carbonyl (C=O) groups is 3. The van der Waals surface area contributed by atoms with E-state index in [0.717, 1.165) is 24.8 Å². The molecule has 4 rings (SSSR count). The Morgan fingerprint density at radius 1 is 1.10 bits per heavy atom. The highest BCUT2D eigenvalue weighted by Crippen LogP contribution is 2.59. The van der Waals surface area contributed by atoms with Crippen LogP contribution in [0.1, 0.15) is 51.5 Å². The molecule has 8 heteroatoms. The molecule has 6 atom stereocenters. The maximum Gasteiger partial charge on any atom is 0.248 e. The Kier molecular flexibility index (Phi) is 9.85. The number of hydrogen-bond acceptors (Lipinski definition) is 5. The van der Waals surface area contributed by atoms with Crippen molar-refractivity contribution in [2.45, 2.75) is 76.2 Å². The van der Waals surface area contributed by atoms with Crippen LogP contribution in [0, 0.1) is 11.8 Å². The van der Waals surface area contributed by atoms with Gasteiger partial charge in [0.15, 0.2) is 0 Å². The molecule has 0 saturated carbocycles. The van der Waals surface area contributed by atoms with E-state index in [1.165, 1.54) is 0 Å². The van der Waals surface area contributed by atoms with Crippen molar-refractivity contribution in [3.8, 4) is 0 Å². The molecule has 1 aromatic carbocycles. The smallest absolute Gasteiger partial charge is 0.248 e. The van der Waals surface area contributed by atoms with Gasteiger partial charge in [-0.2, -0.15) is 0 Å². The number of fused-ring (bicyclic) bond motifs is 1. The van der Waals surface area contributed by atoms with Gasteiger partial charge < -0.3 is 24.5 Å². The predicted octanol–water partition coefficient (Wildman–Crippen LogP) is 3.20. The largest absolute Gasteiger partial charge is 0.394 e. The van der Waals surface area contributed by atoms with Crippen molar-refractivity contribution in [1.29, 1.82) is 0 Å². The van der Waals surface area contributed by atoms with Gasteiger partial charge in [-0.3, -0.25) is 14.4 Å². The highest BCUT2D eigenvalue weighted by Gasteiger charge is 2.75. The van der Waals surface area contributed by atoms with Crippen LogP contribution in [-0.4, -0.2) is 94.1 Å². The summed E-state index contributed by atoms with van der Waals surface area (Å²) in [5, 5.41) is 10.6. The van der Waals surface area contributed by atoms with Crippen LogP contribution in [0.4, 0.5) is 0 Å². The molecule has 218 valence electrons. The average Bonchev–Trinajstić information content (AvgIpc) is 3.61. The molecule has 3 saturated heterocycles. The van der Waals surface area contributed by atoms with Gasteiger partial charge in [0.2, 0.25) is 17.7 Å². The number of aliphatic hydroxyl groups excluding tert-OH is 1. The molecule has 1 N–H and O–H groups in total. The Bertz CT molecular complexity index is 1080. The van der Waals surface area contributed by atoms with Gasteiger partial charge in [-0.1, -0.05) is 62.8 Å². The van der Waals surface area contributed by atoms with Crippen molar-refractivity contribution in [3.63, 3.8) is 0 Å². The number of rotatable bonds is 15. The molecule has 40 heavy (non-hydrogen) atoms. The molecule has 0 aromatic heterocycles. The minimum atomic E-state index is -1.10. The molecule has 2 bridgehead atoms. The van der Waals surface area contributed by atoms with Crippen LogP contribution >= 0.6 is 0 Å². The second-order valence-corrected chi connectivity index (χ2v) is 11.3. The van der Waals surface area contributed by atoms with Crippen molar-refractivity contribution in [2.24, 2.45) is 11.8 Å². The van der Waals surface area contributed by atoms with Crippen LogP contribution in [0.25, 0.3) is 0 Å². The summed E-state index contributed by atoms with van der Waals surface area (Å²) in [6.45, 7) is 13.3. The van der Waals surface area contributed by atoms with E-state index >= 15 is 0 Å². The fourth-order valence-corrected chi connectivity index (χ4v) is 7.08. The van der Waals surface area contributed by atoms with E-state index in [0.29, 0.717) is 45.4 Å². The van der Waals surface area contributed by atoms with E-state index in [1.807, 2.05) is 37.3 Å². The van der Waals surface area contributed by atoms with Gasteiger partial charge in [-0.25, -0.2) is 0 Å². The number of benzene rings is 1. The van der Waals surface area contributed by atoms with Crippen LogP contribution in [-0.2, 0) is 25.5 Å². The lowest BCUT2D eigenvalue weighted by atomic mass is 9.70. The number of likely N-dealkylation sites (tertiary alicyclic amines) is 1. The normalized spacial score (nSPS) is 27.4. The first-order valence-electron chi connectivity index (χ1n) is 14.8. The fraction of sp³-hybridized carbons (Fsp3) is 0.594. The maximum atomic E-state index is 14.5. The lowest BCUT2D eigenvalue weighted by molar-refractivity contribution is -0.151. The van der Waals surface area contributed by atoms with Gasteiger partial charge in [0.1, 0.15) is 11.6 Å². The molecule has 3 aliphatic heterocycles. The zero-order chi connectivity index (χ0) is 28.9. The molecule has 3 amide bonds. The Morgan fingerprint density at radius 2 is 1.77 bits per heavy atom. The molecule has 3 fully saturated rings. The summed E-state index contributed by atoms with van der Waals surface area (Å²) >= 11 is 0. The molecule has 8 nitrogen and oxygen atoms in total. The third kappa shape index (κ3) is 5.36. The average molecular weight is 552 g/mol. The second kappa shape index (κ2) is 13.1. The summed E-state index contributed by atoms with van der Waals surface area (Å²) in [6, 6.07) is 8.13. The number of unbranched alkanes of at least 4 members (excludes halogenated alkanes) is 1. The minimum Gasteiger partial charge on any atom is -0.394 e. The molecular formula is C32H45N3O5. The summed E-state index contributed by atoms with van der Waals surface area (Å²) in [6.07, 6.45) is 7.06. The van der Waals surface area contributed by atoms with E-state index in [4.69, 9.17) is 4.74 Å². The van der Waals surface area contributed by atoms with Crippen LogP contribution in [0.2, 0.25) is 0 Å². The summed E-state index contributed by atoms with van der Waals surface area (Å²) in [4.78, 5) is 48.0. The van der Waals surface area contributed by atoms with E-state index in [1.54, 1.807) is 26.9 Å². The molecule has 0 aliphatic carbocycles. The monoisotopic (exact) mass is 551 g/mol. The molecule has 2 unspecified atom stereocenters. The van der Waals surface area contributed by atoms with Gasteiger partial charge >= 0.3 is 0 Å². The van der Waals surface area contributed by atoms with E-state index < -0.39 is 35.6 Å². The first kappa shape index (κ1) is 30.0. The Balaban J connectivity index is 1.77. The second-order valence-electron chi connectivity index (χ2n) is 11.3. The van der Waals surface area contributed by atoms with Gasteiger partial charge in [0, 0.05) is 26.2 Å². The van der Waals surface area contributed by atoms with Crippen molar-refractivity contribution < 1.29 is 24.2 Å². The van der Waals surface area contributed by atoms with Gasteiger partial charge in [-0.15, -0.1) is 13.2 Å². The standard InChI is InChI=1S/C32H45N3O5/c1-5-9-20-34(19-8-4)31(39)28-32-16-15-25(40-32)26(29(37)33(17-6-2)18-7-3)27(32)30(38)35(28)24(22-36)21-23-13-11-10-12-14-23/h6,8,10-14,24-28,36H,2,4-5,7,9,15-22H2,1,3H3/t24-,25+,26-,27+,28?,32?/m1/s1. The molecule has 3 heterocycles. The van der Waals surface area contributed by atoms with Gasteiger partial charge in [0.05, 0.1) is 30.6 Å². The third-order valence-electron chi connectivity index (χ3n) is 8.77. The first-order valence-corrected chi connectivity index (χ1v) is 14.8. The zero-order valence-corrected chi connectivity index (χ0v) is 24.0. The topological polar surface area (TPSA) is 90.4 Å². The highest BCUT2D eigenvalue weighted by atomic mass is 16.5. The lowest BCUT2D eigenvalue weighted by Gasteiger charge is -2.39. The molecule has 3 aliphatic rings. The Morgan fingerprint density at radius 3 is 2.38 bits per heavy atom. The van der Waals surface area contributed by atoms with E-state index in [2.05, 4.69) is 20.1 Å². The zero-order valence-electron chi connectivity index (χ0n) is 24.0. The van der Waals surface area contributed by atoms with Crippen molar-refractivity contribution in [3.05, 3.63) is 61.2 Å². The number of aliphatic hydroxyl groups is 1. The van der Waals surface area contributed by atoms with Gasteiger partial charge in [0.25, 0.3) is 0 Å². The van der Waals surface area contributed by atoms with E-state index in [9.17, 15) is 19.5 Å². The van der Waals surface area contributed by atoms with Crippen LogP contribution in [0.5, 0.6) is 0 Å². The maximum absolute atomic E-state index is 14.5. The number of carbonyl (C=O) groups excluding carboxylic acids is 3. The van der Waals surface area contributed by atoms with E-state index in [-0.39, 0.29) is 24.3 Å². The third-order valence-corrected chi connectivity index (χ3v) is 8.77. The predicted molar refractivity (Wildman–Crippen MR) is 154 cm³/mol. The lowest BCUT2D eigenvalue weighted by Crippen LogP contribution is -2.59.